The highest BCUT2D eigenvalue weighted by atomic mass is 79.9. The first-order valence-electron chi connectivity index (χ1n) is 6.81. The predicted octanol–water partition coefficient (Wildman–Crippen LogP) is 5.18. The van der Waals surface area contributed by atoms with E-state index in [1.807, 2.05) is 11.3 Å². The minimum Gasteiger partial charge on any atom is -0.310 e. The number of halogens is 1. The summed E-state index contributed by atoms with van der Waals surface area (Å²) in [6, 6.07) is 13.4. The van der Waals surface area contributed by atoms with Crippen molar-refractivity contribution in [2.45, 2.75) is 32.2 Å². The van der Waals surface area contributed by atoms with Crippen LogP contribution in [0.2, 0.25) is 0 Å². The number of benzene rings is 1. The van der Waals surface area contributed by atoms with Crippen LogP contribution in [0.15, 0.2) is 46.3 Å². The predicted molar refractivity (Wildman–Crippen MR) is 87.8 cm³/mol. The Labute approximate surface area is 128 Å². The summed E-state index contributed by atoms with van der Waals surface area (Å²) in [5.74, 6) is 0. The van der Waals surface area contributed by atoms with Gasteiger partial charge in [-0.2, -0.15) is 0 Å². The summed E-state index contributed by atoms with van der Waals surface area (Å²) in [5, 5.41) is 5.81. The molecule has 19 heavy (non-hydrogen) atoms. The van der Waals surface area contributed by atoms with Crippen LogP contribution in [0.5, 0.6) is 0 Å². The van der Waals surface area contributed by atoms with Crippen LogP contribution in [0.25, 0.3) is 0 Å². The van der Waals surface area contributed by atoms with Crippen LogP contribution in [-0.2, 0) is 6.42 Å². The highest BCUT2D eigenvalue weighted by Gasteiger charge is 2.11. The number of rotatable bonds is 7. The molecule has 0 spiro atoms. The lowest BCUT2D eigenvalue weighted by molar-refractivity contribution is 0.500. The molecule has 1 heterocycles. The van der Waals surface area contributed by atoms with Gasteiger partial charge in [-0.15, -0.1) is 11.3 Å². The van der Waals surface area contributed by atoms with Crippen molar-refractivity contribution in [3.8, 4) is 0 Å². The maximum absolute atomic E-state index is 3.66. The van der Waals surface area contributed by atoms with Crippen molar-refractivity contribution in [2.75, 3.05) is 6.54 Å². The summed E-state index contributed by atoms with van der Waals surface area (Å²) in [7, 11) is 0. The van der Waals surface area contributed by atoms with Gasteiger partial charge < -0.3 is 5.32 Å². The maximum Gasteiger partial charge on any atom is 0.0324 e. The second kappa shape index (κ2) is 7.83. The van der Waals surface area contributed by atoms with Crippen LogP contribution in [0.4, 0.5) is 0 Å². The van der Waals surface area contributed by atoms with Gasteiger partial charge in [0.15, 0.2) is 0 Å². The fourth-order valence-corrected chi connectivity index (χ4v) is 3.31. The number of aryl methyl sites for hydroxylation is 1. The molecule has 0 aliphatic rings. The second-order valence-corrected chi connectivity index (χ2v) is 6.63. The number of hydrogen-bond acceptors (Lipinski definition) is 2. The smallest absolute Gasteiger partial charge is 0.0324 e. The second-order valence-electron chi connectivity index (χ2n) is 4.68. The van der Waals surface area contributed by atoms with Gasteiger partial charge in [0.2, 0.25) is 0 Å². The molecule has 2 aromatic rings. The fraction of sp³-hybridized carbons (Fsp3) is 0.375. The van der Waals surface area contributed by atoms with Gasteiger partial charge in [-0.25, -0.2) is 0 Å². The number of thiophene rings is 1. The van der Waals surface area contributed by atoms with Crippen LogP contribution >= 0.6 is 27.3 Å². The van der Waals surface area contributed by atoms with E-state index in [9.17, 15) is 0 Å². The molecule has 1 atom stereocenters. The van der Waals surface area contributed by atoms with E-state index < -0.39 is 0 Å². The third-order valence-electron chi connectivity index (χ3n) is 3.15. The molecule has 0 saturated carbocycles. The first kappa shape index (κ1) is 14.8. The summed E-state index contributed by atoms with van der Waals surface area (Å²) in [6.07, 6.45) is 3.46. The van der Waals surface area contributed by atoms with Crippen LogP contribution in [0.3, 0.4) is 0 Å². The topological polar surface area (TPSA) is 12.0 Å². The van der Waals surface area contributed by atoms with E-state index >= 15 is 0 Å². The van der Waals surface area contributed by atoms with Gasteiger partial charge in [0.25, 0.3) is 0 Å². The lowest BCUT2D eigenvalue weighted by Crippen LogP contribution is -2.22. The third-order valence-corrected chi connectivity index (χ3v) is 4.58. The summed E-state index contributed by atoms with van der Waals surface area (Å²) >= 11 is 5.41. The van der Waals surface area contributed by atoms with E-state index in [-0.39, 0.29) is 0 Å². The molecular formula is C16H20BrNS. The molecule has 0 fully saturated rings. The fourth-order valence-electron chi connectivity index (χ4n) is 2.17. The Hall–Kier alpha value is -0.640. The van der Waals surface area contributed by atoms with Gasteiger partial charge in [-0.1, -0.05) is 41.1 Å². The molecule has 3 heteroatoms. The van der Waals surface area contributed by atoms with Gasteiger partial charge in [0.1, 0.15) is 0 Å². The SMILES string of the molecule is CCCNC(CCc1cccs1)c1cccc(Br)c1. The number of hydrogen-bond donors (Lipinski definition) is 1. The molecule has 1 aromatic heterocycles. The zero-order chi connectivity index (χ0) is 13.5. The van der Waals surface area contributed by atoms with Crippen molar-refractivity contribution in [3.63, 3.8) is 0 Å². The van der Waals surface area contributed by atoms with Crippen molar-refractivity contribution < 1.29 is 0 Å². The Balaban J connectivity index is 2.02. The minimum absolute atomic E-state index is 0.444. The Morgan fingerprint density at radius 3 is 2.84 bits per heavy atom. The number of nitrogens with one attached hydrogen (secondary N) is 1. The Morgan fingerprint density at radius 2 is 2.16 bits per heavy atom. The van der Waals surface area contributed by atoms with Gasteiger partial charge >= 0.3 is 0 Å². The van der Waals surface area contributed by atoms with Crippen molar-refractivity contribution in [2.24, 2.45) is 0 Å². The van der Waals surface area contributed by atoms with E-state index in [0.717, 1.165) is 23.9 Å². The van der Waals surface area contributed by atoms with Crippen molar-refractivity contribution >= 4 is 27.3 Å². The molecule has 2 rings (SSSR count). The van der Waals surface area contributed by atoms with Gasteiger partial charge in [0.05, 0.1) is 0 Å². The Bertz CT molecular complexity index is 481. The molecule has 0 aliphatic heterocycles. The van der Waals surface area contributed by atoms with E-state index in [1.165, 1.54) is 16.9 Å². The maximum atomic E-state index is 3.66. The average molecular weight is 338 g/mol. The molecule has 0 amide bonds. The molecule has 1 aromatic carbocycles. The largest absolute Gasteiger partial charge is 0.310 e. The molecule has 1 nitrogen and oxygen atoms in total. The lowest BCUT2D eigenvalue weighted by atomic mass is 10.0. The quantitative estimate of drug-likeness (QED) is 0.733. The molecule has 1 unspecified atom stereocenters. The van der Waals surface area contributed by atoms with E-state index in [2.05, 4.69) is 69.9 Å². The highest BCUT2D eigenvalue weighted by Crippen LogP contribution is 2.23. The molecule has 0 bridgehead atoms. The molecule has 0 radical (unpaired) electrons. The summed E-state index contributed by atoms with van der Waals surface area (Å²) in [5.41, 5.74) is 1.37. The van der Waals surface area contributed by atoms with Crippen LogP contribution in [-0.4, -0.2) is 6.54 Å². The van der Waals surface area contributed by atoms with Crippen molar-refractivity contribution in [1.29, 1.82) is 0 Å². The highest BCUT2D eigenvalue weighted by molar-refractivity contribution is 9.10. The molecular weight excluding hydrogens is 318 g/mol. The van der Waals surface area contributed by atoms with E-state index in [0.29, 0.717) is 6.04 Å². The molecule has 0 aliphatic carbocycles. The third kappa shape index (κ3) is 4.75. The van der Waals surface area contributed by atoms with Gasteiger partial charge in [-0.05, 0) is 54.9 Å². The molecule has 1 N–H and O–H groups in total. The van der Waals surface area contributed by atoms with E-state index in [4.69, 9.17) is 0 Å². The van der Waals surface area contributed by atoms with E-state index in [1.54, 1.807) is 0 Å². The first-order valence-corrected chi connectivity index (χ1v) is 8.48. The van der Waals surface area contributed by atoms with Gasteiger partial charge in [-0.3, -0.25) is 0 Å². The zero-order valence-electron chi connectivity index (χ0n) is 11.2. The van der Waals surface area contributed by atoms with Gasteiger partial charge in [0, 0.05) is 15.4 Å². The summed E-state index contributed by atoms with van der Waals surface area (Å²) in [4.78, 5) is 1.47. The summed E-state index contributed by atoms with van der Waals surface area (Å²) in [6.45, 7) is 3.28. The van der Waals surface area contributed by atoms with Crippen LogP contribution < -0.4 is 5.32 Å². The minimum atomic E-state index is 0.444. The van der Waals surface area contributed by atoms with Crippen molar-refractivity contribution in [3.05, 3.63) is 56.7 Å². The lowest BCUT2D eigenvalue weighted by Gasteiger charge is -2.19. The zero-order valence-corrected chi connectivity index (χ0v) is 13.6. The summed E-state index contributed by atoms with van der Waals surface area (Å²) < 4.78 is 1.16. The Kier molecular flexibility index (Phi) is 6.08. The van der Waals surface area contributed by atoms with Crippen LogP contribution in [0.1, 0.15) is 36.2 Å². The molecule has 0 saturated heterocycles. The average Bonchev–Trinajstić information content (AvgIpc) is 2.92. The van der Waals surface area contributed by atoms with Crippen LogP contribution in [0, 0.1) is 0 Å². The standard InChI is InChI=1S/C16H20BrNS/c1-2-10-18-16(9-8-15-7-4-11-19-15)13-5-3-6-14(17)12-13/h3-7,11-12,16,18H,2,8-10H2,1H3. The van der Waals surface area contributed by atoms with Crippen molar-refractivity contribution in [1.82, 2.24) is 5.32 Å². The molecule has 102 valence electrons. The monoisotopic (exact) mass is 337 g/mol. The Morgan fingerprint density at radius 1 is 1.26 bits per heavy atom. The normalized spacial score (nSPS) is 12.5. The first-order chi connectivity index (χ1) is 9.29.